The molecular formula is C32H61NO6P+. The lowest BCUT2D eigenvalue weighted by Crippen LogP contribution is -2.37. The molecule has 0 aliphatic heterocycles. The number of quaternary nitrogens is 1. The van der Waals surface area contributed by atoms with Crippen molar-refractivity contribution < 1.29 is 32.5 Å². The van der Waals surface area contributed by atoms with E-state index in [4.69, 9.17) is 18.5 Å². The maximum Gasteiger partial charge on any atom is 0.472 e. The summed E-state index contributed by atoms with van der Waals surface area (Å²) in [6.07, 6.45) is 18.9. The minimum atomic E-state index is -4.08. The molecule has 0 aromatic heterocycles. The number of nitrogens with zero attached hydrogens (tertiary/aromatic N) is 1. The fourth-order valence-electron chi connectivity index (χ4n) is 4.38. The first-order valence-electron chi connectivity index (χ1n) is 15.9. The summed E-state index contributed by atoms with van der Waals surface area (Å²) in [5.74, 6) is 0. The molecule has 1 rings (SSSR count). The van der Waals surface area contributed by atoms with Crippen molar-refractivity contribution in [3.05, 3.63) is 35.9 Å². The highest BCUT2D eigenvalue weighted by molar-refractivity contribution is 7.47. The summed E-state index contributed by atoms with van der Waals surface area (Å²) in [6, 6.07) is 9.99. The van der Waals surface area contributed by atoms with Gasteiger partial charge in [0, 0.05) is 6.61 Å². The molecule has 1 aromatic carbocycles. The topological polar surface area (TPSA) is 74.2 Å². The van der Waals surface area contributed by atoms with Gasteiger partial charge in [-0.2, -0.15) is 0 Å². The first-order valence-corrected chi connectivity index (χ1v) is 17.4. The molecule has 0 aliphatic rings. The Hall–Kier alpha value is -0.790. The minimum Gasteiger partial charge on any atom is -0.379 e. The van der Waals surface area contributed by atoms with Gasteiger partial charge in [0.05, 0.1) is 47.1 Å². The summed E-state index contributed by atoms with van der Waals surface area (Å²) < 4.78 is 35.2. The minimum absolute atomic E-state index is 0.0693. The highest BCUT2D eigenvalue weighted by atomic mass is 31.2. The van der Waals surface area contributed by atoms with E-state index in [1.54, 1.807) is 0 Å². The van der Waals surface area contributed by atoms with Crippen LogP contribution < -0.4 is 0 Å². The van der Waals surface area contributed by atoms with E-state index < -0.39 is 7.82 Å². The summed E-state index contributed by atoms with van der Waals surface area (Å²) in [4.78, 5) is 9.99. The van der Waals surface area contributed by atoms with Crippen molar-refractivity contribution in [3.63, 3.8) is 0 Å². The molecule has 2 unspecified atom stereocenters. The van der Waals surface area contributed by atoms with E-state index in [-0.39, 0.29) is 19.3 Å². The SMILES string of the molecule is CCCCCCCCCCCCCCCCOCC(CCOP(=O)(O)OCC[N+](C)(C)C)OCc1ccccc1. The number of benzene rings is 1. The molecule has 0 spiro atoms. The second-order valence-electron chi connectivity index (χ2n) is 12.0. The molecule has 40 heavy (non-hydrogen) atoms. The summed E-state index contributed by atoms with van der Waals surface area (Å²) in [5.41, 5.74) is 1.08. The van der Waals surface area contributed by atoms with E-state index in [0.29, 0.717) is 37.3 Å². The van der Waals surface area contributed by atoms with Crippen molar-refractivity contribution in [1.29, 1.82) is 0 Å². The number of unbranched alkanes of at least 4 members (excludes halogenated alkanes) is 13. The third-order valence-corrected chi connectivity index (χ3v) is 8.00. The molecule has 0 saturated carbocycles. The number of hydrogen-bond donors (Lipinski definition) is 1. The van der Waals surface area contributed by atoms with E-state index in [9.17, 15) is 9.46 Å². The van der Waals surface area contributed by atoms with Crippen LogP contribution in [0.15, 0.2) is 30.3 Å². The van der Waals surface area contributed by atoms with Crippen molar-refractivity contribution in [2.75, 3.05) is 54.1 Å². The van der Waals surface area contributed by atoms with Crippen LogP contribution >= 0.6 is 7.82 Å². The molecule has 0 heterocycles. The molecule has 0 saturated heterocycles. The Morgan fingerprint density at radius 2 is 1.27 bits per heavy atom. The third-order valence-electron chi connectivity index (χ3n) is 6.99. The van der Waals surface area contributed by atoms with Crippen LogP contribution in [0.1, 0.15) is 109 Å². The number of likely N-dealkylation sites (N-methyl/N-ethyl adjacent to an activating group) is 1. The van der Waals surface area contributed by atoms with Crippen LogP contribution in [0.5, 0.6) is 0 Å². The Kier molecular flexibility index (Phi) is 22.1. The van der Waals surface area contributed by atoms with Crippen molar-refractivity contribution >= 4 is 7.82 Å². The zero-order valence-electron chi connectivity index (χ0n) is 26.2. The molecule has 1 aromatic rings. The fourth-order valence-corrected chi connectivity index (χ4v) is 5.11. The van der Waals surface area contributed by atoms with Crippen LogP contribution in [0, 0.1) is 0 Å². The molecule has 0 fully saturated rings. The monoisotopic (exact) mass is 586 g/mol. The van der Waals surface area contributed by atoms with E-state index in [2.05, 4.69) is 6.92 Å². The molecule has 0 bridgehead atoms. The molecule has 0 radical (unpaired) electrons. The van der Waals surface area contributed by atoms with Crippen molar-refractivity contribution in [1.82, 2.24) is 0 Å². The average Bonchev–Trinajstić information content (AvgIpc) is 2.90. The van der Waals surface area contributed by atoms with Crippen LogP contribution in [-0.4, -0.2) is 69.6 Å². The van der Waals surface area contributed by atoms with Gasteiger partial charge in [-0.3, -0.25) is 9.05 Å². The van der Waals surface area contributed by atoms with Crippen molar-refractivity contribution in [2.45, 2.75) is 116 Å². The molecule has 7 nitrogen and oxygen atoms in total. The van der Waals surface area contributed by atoms with E-state index in [1.165, 1.54) is 83.5 Å². The summed E-state index contributed by atoms with van der Waals surface area (Å²) in [7, 11) is 1.92. The standard InChI is InChI=1S/C32H60NO6P/c1-5-6-7-8-9-10-11-12-13-14-15-16-17-21-26-36-30-32(37-29-31-22-19-18-20-23-31)24-27-38-40(34,35)39-28-25-33(2,3)4/h18-20,22-23,32H,5-17,21,24-30H2,1-4H3/p+1. The van der Waals surface area contributed by atoms with E-state index in [0.717, 1.165) is 12.0 Å². The summed E-state index contributed by atoms with van der Waals surface area (Å²) in [5, 5.41) is 0. The zero-order chi connectivity index (χ0) is 29.4. The second kappa shape index (κ2) is 23.7. The fraction of sp³-hybridized carbons (Fsp3) is 0.812. The van der Waals surface area contributed by atoms with Crippen LogP contribution in [0.25, 0.3) is 0 Å². The lowest BCUT2D eigenvalue weighted by atomic mass is 10.0. The van der Waals surface area contributed by atoms with Crippen LogP contribution in [0.4, 0.5) is 0 Å². The van der Waals surface area contributed by atoms with Gasteiger partial charge >= 0.3 is 7.82 Å². The lowest BCUT2D eigenvalue weighted by Gasteiger charge is -2.24. The third kappa shape index (κ3) is 23.9. The smallest absolute Gasteiger partial charge is 0.379 e. The number of phosphoric acid groups is 1. The average molecular weight is 587 g/mol. The maximum atomic E-state index is 12.2. The Bertz CT molecular complexity index is 743. The van der Waals surface area contributed by atoms with Gasteiger partial charge in [-0.1, -0.05) is 121 Å². The van der Waals surface area contributed by atoms with Crippen molar-refractivity contribution in [2.24, 2.45) is 0 Å². The highest BCUT2D eigenvalue weighted by Gasteiger charge is 2.23. The van der Waals surface area contributed by atoms with Gasteiger partial charge in [-0.05, 0) is 18.4 Å². The number of ether oxygens (including phenoxy) is 2. The van der Waals surface area contributed by atoms with Gasteiger partial charge in [-0.25, -0.2) is 4.57 Å². The molecule has 234 valence electrons. The molecule has 8 heteroatoms. The predicted molar refractivity (Wildman–Crippen MR) is 165 cm³/mol. The molecule has 0 aliphatic carbocycles. The second-order valence-corrected chi connectivity index (χ2v) is 13.5. The largest absolute Gasteiger partial charge is 0.472 e. The molecule has 2 atom stereocenters. The zero-order valence-corrected chi connectivity index (χ0v) is 27.1. The number of hydrogen-bond acceptors (Lipinski definition) is 5. The predicted octanol–water partition coefficient (Wildman–Crippen LogP) is 8.30. The van der Waals surface area contributed by atoms with Crippen LogP contribution in [0.3, 0.4) is 0 Å². The van der Waals surface area contributed by atoms with Gasteiger partial charge in [0.2, 0.25) is 0 Å². The number of rotatable bonds is 28. The first kappa shape index (κ1) is 37.2. The van der Waals surface area contributed by atoms with Gasteiger partial charge in [0.15, 0.2) is 0 Å². The summed E-state index contributed by atoms with van der Waals surface area (Å²) >= 11 is 0. The molecule has 1 N–H and O–H groups in total. The van der Waals surface area contributed by atoms with E-state index >= 15 is 0 Å². The summed E-state index contributed by atoms with van der Waals surface area (Å²) in [6.45, 7) is 4.72. The molecular weight excluding hydrogens is 525 g/mol. The van der Waals surface area contributed by atoms with Crippen molar-refractivity contribution in [3.8, 4) is 0 Å². The Morgan fingerprint density at radius 3 is 1.82 bits per heavy atom. The molecule has 0 amide bonds. The lowest BCUT2D eigenvalue weighted by molar-refractivity contribution is -0.870. The first-order chi connectivity index (χ1) is 19.2. The van der Waals surface area contributed by atoms with Gasteiger partial charge in [0.1, 0.15) is 13.2 Å². The van der Waals surface area contributed by atoms with Crippen LogP contribution in [0.2, 0.25) is 0 Å². The Morgan fingerprint density at radius 1 is 0.750 bits per heavy atom. The Labute approximate surface area is 246 Å². The van der Waals surface area contributed by atoms with Gasteiger partial charge in [-0.15, -0.1) is 0 Å². The van der Waals surface area contributed by atoms with Gasteiger partial charge in [0.25, 0.3) is 0 Å². The maximum absolute atomic E-state index is 12.2. The quantitative estimate of drug-likeness (QED) is 0.0605. The van der Waals surface area contributed by atoms with Crippen LogP contribution in [-0.2, 0) is 29.7 Å². The number of phosphoric ester groups is 1. The van der Waals surface area contributed by atoms with Gasteiger partial charge < -0.3 is 18.9 Å². The Balaban J connectivity index is 2.17. The highest BCUT2D eigenvalue weighted by Crippen LogP contribution is 2.43. The van der Waals surface area contributed by atoms with E-state index in [1.807, 2.05) is 51.5 Å². The normalized spacial score (nSPS) is 14.3.